The van der Waals surface area contributed by atoms with Crippen LogP contribution in [0.2, 0.25) is 0 Å². The molecule has 6 heteroatoms. The van der Waals surface area contributed by atoms with Crippen LogP contribution in [0.25, 0.3) is 0 Å². The first kappa shape index (κ1) is 16.4. The summed E-state index contributed by atoms with van der Waals surface area (Å²) in [7, 11) is 1.35. The van der Waals surface area contributed by atoms with Gasteiger partial charge in [-0.15, -0.1) is 11.8 Å². The molecule has 110 valence electrons. The van der Waals surface area contributed by atoms with Crippen LogP contribution in [0, 0.1) is 6.92 Å². The van der Waals surface area contributed by atoms with Crippen LogP contribution in [-0.2, 0) is 14.3 Å². The number of carbonyl (C=O) groups excluding carboxylic acids is 2. The van der Waals surface area contributed by atoms with Gasteiger partial charge in [-0.3, -0.25) is 9.59 Å². The lowest BCUT2D eigenvalue weighted by Crippen LogP contribution is -2.23. The minimum absolute atomic E-state index is 0.103. The number of nitrogens with two attached hydrogens (primary N) is 1. The quantitative estimate of drug-likeness (QED) is 0.621. The molecule has 3 N–H and O–H groups in total. The van der Waals surface area contributed by atoms with Gasteiger partial charge in [0.05, 0.1) is 18.8 Å². The molecule has 1 rings (SSSR count). The van der Waals surface area contributed by atoms with E-state index in [1.165, 1.54) is 18.9 Å². The molecule has 20 heavy (non-hydrogen) atoms. The van der Waals surface area contributed by atoms with Gasteiger partial charge in [-0.25, -0.2) is 0 Å². The van der Waals surface area contributed by atoms with E-state index in [1.807, 2.05) is 13.0 Å². The fraction of sp³-hybridized carbons (Fsp3) is 0.429. The Morgan fingerprint density at radius 1 is 1.45 bits per heavy atom. The van der Waals surface area contributed by atoms with Crippen molar-refractivity contribution in [1.29, 1.82) is 0 Å². The van der Waals surface area contributed by atoms with Gasteiger partial charge in [0, 0.05) is 17.1 Å². The monoisotopic (exact) mass is 296 g/mol. The lowest BCUT2D eigenvalue weighted by molar-refractivity contribution is -0.140. The maximum atomic E-state index is 12.0. The van der Waals surface area contributed by atoms with Crippen molar-refractivity contribution in [2.24, 2.45) is 0 Å². The largest absolute Gasteiger partial charge is 0.469 e. The van der Waals surface area contributed by atoms with E-state index in [2.05, 4.69) is 10.1 Å². The molecular formula is C14H20N2O3S. The molecule has 0 spiro atoms. The van der Waals surface area contributed by atoms with Crippen molar-refractivity contribution in [2.45, 2.75) is 25.5 Å². The van der Waals surface area contributed by atoms with Crippen LogP contribution >= 0.6 is 11.8 Å². The lowest BCUT2D eigenvalue weighted by Gasteiger charge is -2.13. The number of rotatable bonds is 6. The van der Waals surface area contributed by atoms with E-state index in [9.17, 15) is 9.59 Å². The second-order valence-corrected chi connectivity index (χ2v) is 5.85. The van der Waals surface area contributed by atoms with E-state index >= 15 is 0 Å². The van der Waals surface area contributed by atoms with Gasteiger partial charge >= 0.3 is 5.97 Å². The van der Waals surface area contributed by atoms with E-state index in [0.717, 1.165) is 11.3 Å². The zero-order chi connectivity index (χ0) is 15.1. The zero-order valence-electron chi connectivity index (χ0n) is 11.9. The Hall–Kier alpha value is -1.69. The Morgan fingerprint density at radius 2 is 2.15 bits per heavy atom. The summed E-state index contributed by atoms with van der Waals surface area (Å²) in [5.41, 5.74) is 7.98. The van der Waals surface area contributed by atoms with Crippen molar-refractivity contribution in [3.63, 3.8) is 0 Å². The molecule has 0 fully saturated rings. The topological polar surface area (TPSA) is 81.4 Å². The number of esters is 1. The fourth-order valence-electron chi connectivity index (χ4n) is 1.51. The number of ether oxygens (including phenoxy) is 1. The minimum atomic E-state index is -0.267. The maximum Gasteiger partial charge on any atom is 0.306 e. The molecule has 0 aliphatic carbocycles. The molecule has 5 nitrogen and oxygen atoms in total. The highest BCUT2D eigenvalue weighted by molar-refractivity contribution is 8.00. The Labute approximate surface area is 123 Å². The number of nitrogen functional groups attached to an aromatic ring is 1. The molecule has 0 aromatic heterocycles. The van der Waals surface area contributed by atoms with Crippen molar-refractivity contribution in [1.82, 2.24) is 0 Å². The van der Waals surface area contributed by atoms with E-state index in [1.54, 1.807) is 19.1 Å². The van der Waals surface area contributed by atoms with Crippen LogP contribution in [0.1, 0.15) is 18.9 Å². The van der Waals surface area contributed by atoms with Gasteiger partial charge in [-0.1, -0.05) is 6.07 Å². The number of hydrogen-bond acceptors (Lipinski definition) is 5. The summed E-state index contributed by atoms with van der Waals surface area (Å²) < 4.78 is 4.55. The van der Waals surface area contributed by atoms with E-state index in [4.69, 9.17) is 5.73 Å². The SMILES string of the molecule is COC(=O)CCSC(C)C(=O)Nc1cc(N)ccc1C. The molecule has 0 aliphatic heterocycles. The summed E-state index contributed by atoms with van der Waals surface area (Å²) in [5.74, 6) is 0.183. The predicted octanol–water partition coefficient (Wildman–Crippen LogP) is 2.20. The molecule has 1 aromatic rings. The normalized spacial score (nSPS) is 11.8. The number of nitrogens with one attached hydrogen (secondary N) is 1. The van der Waals surface area contributed by atoms with Gasteiger partial charge in [0.25, 0.3) is 0 Å². The second-order valence-electron chi connectivity index (χ2n) is 4.40. The molecule has 1 atom stereocenters. The average molecular weight is 296 g/mol. The van der Waals surface area contributed by atoms with E-state index < -0.39 is 0 Å². The molecule has 0 aliphatic rings. The summed E-state index contributed by atoms with van der Waals surface area (Å²) in [6, 6.07) is 5.39. The zero-order valence-corrected chi connectivity index (χ0v) is 12.8. The minimum Gasteiger partial charge on any atom is -0.469 e. The number of methoxy groups -OCH3 is 1. The third-order valence-electron chi connectivity index (χ3n) is 2.79. The molecule has 0 saturated heterocycles. The summed E-state index contributed by atoms with van der Waals surface area (Å²) in [4.78, 5) is 23.0. The third kappa shape index (κ3) is 5.13. The Bertz CT molecular complexity index is 491. The predicted molar refractivity (Wildman–Crippen MR) is 82.8 cm³/mol. The first-order valence-electron chi connectivity index (χ1n) is 6.29. The highest BCUT2D eigenvalue weighted by Crippen LogP contribution is 2.20. The van der Waals surface area contributed by atoms with E-state index in [0.29, 0.717) is 17.9 Å². The summed E-state index contributed by atoms with van der Waals surface area (Å²) in [5, 5.41) is 2.60. The van der Waals surface area contributed by atoms with Crippen LogP contribution in [0.4, 0.5) is 11.4 Å². The lowest BCUT2D eigenvalue weighted by atomic mass is 10.2. The number of hydrogen-bond donors (Lipinski definition) is 2. The Morgan fingerprint density at radius 3 is 2.80 bits per heavy atom. The van der Waals surface area contributed by atoms with Crippen LogP contribution in [0.5, 0.6) is 0 Å². The second kappa shape index (κ2) is 7.79. The van der Waals surface area contributed by atoms with E-state index in [-0.39, 0.29) is 17.1 Å². The van der Waals surface area contributed by atoms with Crippen molar-refractivity contribution in [3.05, 3.63) is 23.8 Å². The van der Waals surface area contributed by atoms with Gasteiger partial charge in [0.2, 0.25) is 5.91 Å². The van der Waals surface area contributed by atoms with Gasteiger partial charge in [-0.05, 0) is 31.5 Å². The van der Waals surface area contributed by atoms with Crippen molar-refractivity contribution in [2.75, 3.05) is 23.9 Å². The average Bonchev–Trinajstić information content (AvgIpc) is 2.42. The van der Waals surface area contributed by atoms with Gasteiger partial charge in [-0.2, -0.15) is 0 Å². The fourth-order valence-corrected chi connectivity index (χ4v) is 2.35. The number of thioether (sulfide) groups is 1. The summed E-state index contributed by atoms with van der Waals surface area (Å²) >= 11 is 1.41. The number of anilines is 2. The molecule has 0 bridgehead atoms. The van der Waals surface area contributed by atoms with Crippen LogP contribution < -0.4 is 11.1 Å². The van der Waals surface area contributed by atoms with Crippen molar-refractivity contribution >= 4 is 35.0 Å². The third-order valence-corrected chi connectivity index (χ3v) is 3.94. The van der Waals surface area contributed by atoms with Gasteiger partial charge < -0.3 is 15.8 Å². The first-order valence-corrected chi connectivity index (χ1v) is 7.34. The molecule has 1 aromatic carbocycles. The molecule has 0 saturated carbocycles. The number of benzene rings is 1. The molecule has 1 amide bonds. The maximum absolute atomic E-state index is 12.0. The first-order chi connectivity index (χ1) is 9.43. The number of amides is 1. The number of carbonyl (C=O) groups is 2. The summed E-state index contributed by atoms with van der Waals surface area (Å²) in [6.45, 7) is 3.71. The smallest absolute Gasteiger partial charge is 0.306 e. The number of aryl methyl sites for hydroxylation is 1. The molecule has 0 radical (unpaired) electrons. The highest BCUT2D eigenvalue weighted by Gasteiger charge is 2.15. The van der Waals surface area contributed by atoms with Gasteiger partial charge in [0.15, 0.2) is 0 Å². The summed E-state index contributed by atoms with van der Waals surface area (Å²) in [6.07, 6.45) is 0.302. The van der Waals surface area contributed by atoms with Crippen LogP contribution in [0.3, 0.4) is 0 Å². The Balaban J connectivity index is 2.49. The molecule has 0 heterocycles. The standard InChI is InChI=1S/C14H20N2O3S/c1-9-4-5-11(15)8-12(9)16-14(18)10(2)20-7-6-13(17)19-3/h4-5,8,10H,6-7,15H2,1-3H3,(H,16,18). The van der Waals surface area contributed by atoms with Crippen LogP contribution in [0.15, 0.2) is 18.2 Å². The van der Waals surface area contributed by atoms with Crippen molar-refractivity contribution < 1.29 is 14.3 Å². The highest BCUT2D eigenvalue weighted by atomic mass is 32.2. The van der Waals surface area contributed by atoms with Crippen LogP contribution in [-0.4, -0.2) is 30.0 Å². The van der Waals surface area contributed by atoms with Crippen molar-refractivity contribution in [3.8, 4) is 0 Å². The Kier molecular flexibility index (Phi) is 6.38. The molecular weight excluding hydrogens is 276 g/mol. The van der Waals surface area contributed by atoms with Gasteiger partial charge in [0.1, 0.15) is 0 Å². The molecule has 1 unspecified atom stereocenters.